The van der Waals surface area contributed by atoms with Crippen molar-refractivity contribution in [3.05, 3.63) is 48.0 Å². The molecule has 2 aromatic heterocycles. The van der Waals surface area contributed by atoms with Gasteiger partial charge in [0.15, 0.2) is 5.76 Å². The van der Waals surface area contributed by atoms with Crippen LogP contribution in [0.15, 0.2) is 51.2 Å². The molecule has 182 valence electrons. The highest BCUT2D eigenvalue weighted by atomic mass is 32.2. The van der Waals surface area contributed by atoms with E-state index in [4.69, 9.17) is 15.0 Å². The summed E-state index contributed by atoms with van der Waals surface area (Å²) in [5.74, 6) is 1.30. The van der Waals surface area contributed by atoms with Gasteiger partial charge in [-0.2, -0.15) is 0 Å². The minimum atomic E-state index is -0.864. The van der Waals surface area contributed by atoms with E-state index in [9.17, 15) is 9.18 Å². The molecule has 0 fully saturated rings. The first-order valence-corrected chi connectivity index (χ1v) is 11.8. The summed E-state index contributed by atoms with van der Waals surface area (Å²) >= 11 is 1.49. The molecule has 1 aliphatic heterocycles. The molecule has 0 bridgehead atoms. The van der Waals surface area contributed by atoms with Gasteiger partial charge < -0.3 is 15.0 Å². The largest absolute Gasteiger partial charge is 0.480 e. The van der Waals surface area contributed by atoms with Gasteiger partial charge in [-0.25, -0.2) is 29.1 Å². The van der Waals surface area contributed by atoms with E-state index < -0.39 is 5.54 Å². The topological polar surface area (TPSA) is 132 Å². The van der Waals surface area contributed by atoms with E-state index >= 15 is 0 Å². The van der Waals surface area contributed by atoms with Crippen LogP contribution >= 0.6 is 11.9 Å². The summed E-state index contributed by atoms with van der Waals surface area (Å²) < 4.78 is 27.4. The van der Waals surface area contributed by atoms with Crippen LogP contribution in [0.5, 0.6) is 5.88 Å². The monoisotopic (exact) mass is 497 g/mol. The van der Waals surface area contributed by atoms with Gasteiger partial charge >= 0.3 is 0 Å². The molecule has 12 heteroatoms. The van der Waals surface area contributed by atoms with Crippen LogP contribution in [0.4, 0.5) is 4.39 Å². The highest BCUT2D eigenvalue weighted by Crippen LogP contribution is 2.38. The van der Waals surface area contributed by atoms with E-state index in [0.717, 1.165) is 12.8 Å². The molecule has 10 nitrogen and oxygen atoms in total. The Morgan fingerprint density at radius 1 is 1.29 bits per heavy atom. The Morgan fingerprint density at radius 2 is 2.14 bits per heavy atom. The van der Waals surface area contributed by atoms with Gasteiger partial charge in [-0.3, -0.25) is 4.31 Å². The molecular formula is C23H24FN7O3S. The molecule has 0 saturated carbocycles. The first-order valence-electron chi connectivity index (χ1n) is 10.9. The lowest BCUT2D eigenvalue weighted by Crippen LogP contribution is -2.42. The number of aromatic nitrogens is 3. The first kappa shape index (κ1) is 24.4. The molecular weight excluding hydrogens is 473 g/mol. The number of hydrogen-bond donors (Lipinski definition) is 1. The fourth-order valence-corrected chi connectivity index (χ4v) is 4.66. The number of ether oxygens (including phenoxy) is 1. The maximum atomic E-state index is 15.0. The Hall–Kier alpha value is -3.76. The molecule has 0 spiro atoms. The van der Waals surface area contributed by atoms with E-state index in [-0.39, 0.29) is 5.82 Å². The lowest BCUT2D eigenvalue weighted by atomic mass is 9.92. The number of rotatable bonds is 9. The number of nitrogens with zero attached hydrogens (tertiary/aromatic N) is 6. The molecule has 0 unspecified atom stereocenters. The third-order valence-electron chi connectivity index (χ3n) is 5.50. The summed E-state index contributed by atoms with van der Waals surface area (Å²) in [6.07, 6.45) is 6.10. The van der Waals surface area contributed by atoms with Gasteiger partial charge in [0, 0.05) is 29.5 Å². The molecule has 2 N–H and O–H groups in total. The Bertz CT molecular complexity index is 1260. The van der Waals surface area contributed by atoms with Gasteiger partial charge in [-0.05, 0) is 49.9 Å². The Morgan fingerprint density at radius 3 is 2.86 bits per heavy atom. The maximum Gasteiger partial charge on any atom is 0.234 e. The van der Waals surface area contributed by atoms with E-state index in [0.29, 0.717) is 59.0 Å². The van der Waals surface area contributed by atoms with Crippen LogP contribution in [0.25, 0.3) is 22.7 Å². The SMILES string of the molecule is COc1cnc(-c2cc(-c3ccc(F)c([C@]4(C)CSN(CCCCN=C=O)C(N)=N4)c3)on2)cn1. The zero-order valence-electron chi connectivity index (χ0n) is 19.3. The lowest BCUT2D eigenvalue weighted by Gasteiger charge is -2.36. The quantitative estimate of drug-likeness (QED) is 0.204. The van der Waals surface area contributed by atoms with Crippen molar-refractivity contribution in [2.75, 3.05) is 26.0 Å². The number of benzene rings is 1. The standard InChI is InChI=1S/C23H24FN7O3S/c1-23(13-35-31(22(25)29-23)8-4-3-7-26-14-32)16-9-15(5-6-17(16)24)20-10-18(30-34-20)19-11-28-21(33-2)12-27-19/h5-6,9-12H,3-4,7-8,13H2,1-2H3,(H2,25,29)/t23-/m0/s1. The van der Waals surface area contributed by atoms with Crippen LogP contribution < -0.4 is 10.5 Å². The third-order valence-corrected chi connectivity index (χ3v) is 6.88. The van der Waals surface area contributed by atoms with Crippen molar-refractivity contribution < 1.29 is 18.4 Å². The van der Waals surface area contributed by atoms with Crippen LogP contribution in [0.2, 0.25) is 0 Å². The zero-order chi connectivity index (χ0) is 24.8. The molecule has 35 heavy (non-hydrogen) atoms. The van der Waals surface area contributed by atoms with Crippen LogP contribution in [0.1, 0.15) is 25.3 Å². The average molecular weight is 498 g/mol. The molecule has 1 atom stereocenters. The van der Waals surface area contributed by atoms with Gasteiger partial charge in [0.05, 0.1) is 26.0 Å². The minimum Gasteiger partial charge on any atom is -0.480 e. The van der Waals surface area contributed by atoms with Crippen LogP contribution in [-0.2, 0) is 10.3 Å². The number of unbranched alkanes of at least 4 members (excludes halogenated alkanes) is 1. The smallest absolute Gasteiger partial charge is 0.234 e. The second-order valence-electron chi connectivity index (χ2n) is 8.01. The zero-order valence-corrected chi connectivity index (χ0v) is 20.1. The number of halogens is 1. The number of guanidine groups is 1. The normalized spacial score (nSPS) is 17.6. The van der Waals surface area contributed by atoms with Crippen molar-refractivity contribution in [2.45, 2.75) is 25.3 Å². The van der Waals surface area contributed by atoms with Crippen molar-refractivity contribution in [1.82, 2.24) is 19.4 Å². The van der Waals surface area contributed by atoms with Crippen LogP contribution in [0.3, 0.4) is 0 Å². The fourth-order valence-electron chi connectivity index (χ4n) is 3.60. The second kappa shape index (κ2) is 10.7. The fraction of sp³-hybridized carbons (Fsp3) is 0.348. The summed E-state index contributed by atoms with van der Waals surface area (Å²) in [6.45, 7) is 2.94. The van der Waals surface area contributed by atoms with Crippen molar-refractivity contribution >= 4 is 24.0 Å². The molecule has 1 aromatic carbocycles. The van der Waals surface area contributed by atoms with E-state index in [2.05, 4.69) is 25.1 Å². The maximum absolute atomic E-state index is 15.0. The van der Waals surface area contributed by atoms with E-state index in [1.165, 1.54) is 43.6 Å². The predicted molar refractivity (Wildman–Crippen MR) is 130 cm³/mol. The first-order chi connectivity index (χ1) is 16.9. The van der Waals surface area contributed by atoms with E-state index in [1.54, 1.807) is 18.2 Å². The molecule has 3 heterocycles. The number of hydrogen-bond acceptors (Lipinski definition) is 11. The van der Waals surface area contributed by atoms with Gasteiger partial charge in [0.2, 0.25) is 17.9 Å². The summed E-state index contributed by atoms with van der Waals surface area (Å²) in [7, 11) is 1.51. The summed E-state index contributed by atoms with van der Waals surface area (Å²) in [6, 6.07) is 6.45. The summed E-state index contributed by atoms with van der Waals surface area (Å²) in [4.78, 5) is 26.7. The Labute approximate surface area is 205 Å². The molecule has 0 amide bonds. The highest BCUT2D eigenvalue weighted by Gasteiger charge is 2.35. The van der Waals surface area contributed by atoms with Gasteiger partial charge in [-0.15, -0.1) is 0 Å². The van der Waals surface area contributed by atoms with Gasteiger partial charge in [0.1, 0.15) is 22.7 Å². The number of isocyanates is 1. The average Bonchev–Trinajstić information content (AvgIpc) is 3.36. The molecule has 0 saturated heterocycles. The highest BCUT2D eigenvalue weighted by molar-refractivity contribution is 7.97. The molecule has 4 rings (SSSR count). The van der Waals surface area contributed by atoms with Crippen LogP contribution in [-0.4, -0.2) is 57.4 Å². The van der Waals surface area contributed by atoms with Gasteiger partial charge in [0.25, 0.3) is 0 Å². The minimum absolute atomic E-state index is 0.326. The number of methoxy groups -OCH3 is 1. The van der Waals surface area contributed by atoms with Crippen molar-refractivity contribution in [2.24, 2.45) is 15.7 Å². The molecule has 3 aromatic rings. The number of carbonyl (C=O) groups excluding carboxylic acids is 1. The Balaban J connectivity index is 1.53. The Kier molecular flexibility index (Phi) is 7.42. The molecule has 0 aliphatic carbocycles. The second-order valence-corrected chi connectivity index (χ2v) is 9.00. The number of nitrogens with two attached hydrogens (primary N) is 1. The van der Waals surface area contributed by atoms with Crippen molar-refractivity contribution in [1.29, 1.82) is 0 Å². The predicted octanol–water partition coefficient (Wildman–Crippen LogP) is 3.56. The molecule has 1 aliphatic rings. The van der Waals surface area contributed by atoms with Gasteiger partial charge in [-0.1, -0.05) is 5.16 Å². The van der Waals surface area contributed by atoms with Crippen LogP contribution in [0, 0.1) is 5.82 Å². The lowest BCUT2D eigenvalue weighted by molar-refractivity contribution is 0.395. The van der Waals surface area contributed by atoms with Crippen molar-refractivity contribution in [3.63, 3.8) is 0 Å². The third kappa shape index (κ3) is 5.50. The van der Waals surface area contributed by atoms with E-state index in [1.807, 2.05) is 11.2 Å². The summed E-state index contributed by atoms with van der Waals surface area (Å²) in [5, 5.41) is 4.07. The summed E-state index contributed by atoms with van der Waals surface area (Å²) in [5.41, 5.74) is 7.44. The van der Waals surface area contributed by atoms with Crippen molar-refractivity contribution in [3.8, 4) is 28.6 Å². The molecule has 0 radical (unpaired) electrons. The number of aliphatic imine (C=N–C) groups is 2.